The van der Waals surface area contributed by atoms with Crippen LogP contribution in [-0.4, -0.2) is 158 Å². The quantitative estimate of drug-likeness (QED) is 0.120. The summed E-state index contributed by atoms with van der Waals surface area (Å²) in [7, 11) is 0. The zero-order chi connectivity index (χ0) is 42.6. The predicted molar refractivity (Wildman–Crippen MR) is 211 cm³/mol. The first kappa shape index (κ1) is 46.1. The molecule has 3 saturated heterocycles. The minimum Gasteiger partial charge on any atom is -0.394 e. The number of aliphatic hydroxyl groups excluding tert-OH is 9. The molecule has 0 bridgehead atoms. The first-order chi connectivity index (χ1) is 28.0. The minimum absolute atomic E-state index is 0.0139. The van der Waals surface area contributed by atoms with Crippen molar-refractivity contribution in [2.45, 2.75) is 197 Å². The van der Waals surface area contributed by atoms with Gasteiger partial charge in [-0.1, -0.05) is 65.5 Å². The van der Waals surface area contributed by atoms with Gasteiger partial charge in [0.1, 0.15) is 67.1 Å². The van der Waals surface area contributed by atoms with E-state index in [2.05, 4.69) is 40.7 Å². The van der Waals surface area contributed by atoms with Crippen LogP contribution < -0.4 is 0 Å². The maximum atomic E-state index is 11.5. The molecule has 22 atom stereocenters. The molecule has 340 valence electrons. The molecule has 0 aromatic rings. The third-order valence-electron chi connectivity index (χ3n) is 16.3. The molecule has 0 radical (unpaired) electrons. The predicted octanol–water partition coefficient (Wildman–Crippen LogP) is 1.50. The summed E-state index contributed by atoms with van der Waals surface area (Å²) in [6, 6.07) is 0. The number of rotatable bonds is 13. The average Bonchev–Trinajstić information content (AvgIpc) is 3.57. The number of hydrogen-bond acceptors (Lipinski definition) is 15. The molecular formula is C44H74O15. The second kappa shape index (κ2) is 18.7. The van der Waals surface area contributed by atoms with Crippen molar-refractivity contribution in [3.8, 4) is 0 Å². The summed E-state index contributed by atoms with van der Waals surface area (Å²) < 4.78 is 36.3. The van der Waals surface area contributed by atoms with Gasteiger partial charge in [0.2, 0.25) is 0 Å². The zero-order valence-electron chi connectivity index (χ0n) is 35.6. The van der Waals surface area contributed by atoms with Crippen LogP contribution in [0.2, 0.25) is 0 Å². The molecule has 9 N–H and O–H groups in total. The zero-order valence-corrected chi connectivity index (χ0v) is 35.6. The fourth-order valence-electron chi connectivity index (χ4n) is 12.8. The monoisotopic (exact) mass is 843 g/mol. The second-order valence-electron chi connectivity index (χ2n) is 20.2. The van der Waals surface area contributed by atoms with E-state index >= 15 is 0 Å². The Labute approximate surface area is 349 Å². The molecule has 59 heavy (non-hydrogen) atoms. The number of fused-ring (bicyclic) bond motifs is 5. The molecule has 7 rings (SSSR count). The normalized spacial score (nSPS) is 50.8. The van der Waals surface area contributed by atoms with E-state index in [4.69, 9.17) is 28.4 Å². The van der Waals surface area contributed by atoms with Crippen LogP contribution in [-0.2, 0) is 28.4 Å². The van der Waals surface area contributed by atoms with Gasteiger partial charge in [0, 0.05) is 0 Å². The van der Waals surface area contributed by atoms with Crippen molar-refractivity contribution in [1.29, 1.82) is 0 Å². The Morgan fingerprint density at radius 3 is 2.08 bits per heavy atom. The molecule has 15 heteroatoms. The van der Waals surface area contributed by atoms with Crippen molar-refractivity contribution >= 4 is 0 Å². The van der Waals surface area contributed by atoms with Crippen molar-refractivity contribution in [3.05, 3.63) is 11.6 Å². The molecule has 7 aliphatic rings. The molecule has 3 heterocycles. The fourth-order valence-corrected chi connectivity index (χ4v) is 12.8. The average molecular weight is 843 g/mol. The summed E-state index contributed by atoms with van der Waals surface area (Å²) in [6.07, 6.45) is -7.43. The van der Waals surface area contributed by atoms with Crippen LogP contribution in [0, 0.1) is 46.3 Å². The Morgan fingerprint density at radius 1 is 0.695 bits per heavy atom. The Morgan fingerprint density at radius 2 is 1.37 bits per heavy atom. The van der Waals surface area contributed by atoms with Crippen LogP contribution in [0.25, 0.3) is 0 Å². The van der Waals surface area contributed by atoms with Gasteiger partial charge in [0.05, 0.1) is 25.9 Å². The van der Waals surface area contributed by atoms with Crippen LogP contribution in [0.3, 0.4) is 0 Å². The number of allylic oxidation sites excluding steroid dienone is 1. The number of ether oxygens (including phenoxy) is 6. The Balaban J connectivity index is 1.09. The maximum absolute atomic E-state index is 11.5. The molecular weight excluding hydrogens is 768 g/mol. The Hall–Kier alpha value is -0.860. The third kappa shape index (κ3) is 8.85. The van der Waals surface area contributed by atoms with Gasteiger partial charge >= 0.3 is 0 Å². The van der Waals surface area contributed by atoms with Crippen molar-refractivity contribution < 1.29 is 74.4 Å². The molecule has 6 fully saturated rings. The molecule has 3 saturated carbocycles. The van der Waals surface area contributed by atoms with Crippen LogP contribution in [0.1, 0.15) is 105 Å². The summed E-state index contributed by atoms with van der Waals surface area (Å²) in [5.74, 6) is 4.20. The maximum Gasteiger partial charge on any atom is 0.187 e. The Bertz CT molecular complexity index is 1420. The van der Waals surface area contributed by atoms with E-state index in [-0.39, 0.29) is 18.1 Å². The number of aliphatic hydroxyl groups is 9. The first-order valence-electron chi connectivity index (χ1n) is 22.6. The molecule has 3 aliphatic heterocycles. The number of hydrogen-bond donors (Lipinski definition) is 9. The van der Waals surface area contributed by atoms with E-state index in [1.165, 1.54) is 50.5 Å². The lowest BCUT2D eigenvalue weighted by molar-refractivity contribution is -0.391. The summed E-state index contributed by atoms with van der Waals surface area (Å²) in [5, 5.41) is 94.9. The topological polar surface area (TPSA) is 237 Å². The van der Waals surface area contributed by atoms with Crippen molar-refractivity contribution in [2.24, 2.45) is 46.3 Å². The highest BCUT2D eigenvalue weighted by molar-refractivity contribution is 5.25. The van der Waals surface area contributed by atoms with Gasteiger partial charge in [-0.25, -0.2) is 0 Å². The van der Waals surface area contributed by atoms with Gasteiger partial charge in [-0.15, -0.1) is 0 Å². The van der Waals surface area contributed by atoms with Gasteiger partial charge in [-0.2, -0.15) is 0 Å². The van der Waals surface area contributed by atoms with Gasteiger partial charge in [0.15, 0.2) is 18.9 Å². The summed E-state index contributed by atoms with van der Waals surface area (Å²) >= 11 is 0. The standard InChI is InChI=1S/C44H74O15/c1-21(2)7-6-8-22(3)26-11-12-27-25-10-9-23-17-24(13-15-43(23,4)28(25)14-16-44(26,27)5)55-42-39(59-41-37(53)35(51)33(49)30(18-45)56-41)38(34(50)31(19-46)57-42)58-40-36(52)32(48)29(47)20-54-40/h9,21-22,24-42,45-53H,6-8,10-20H2,1-5H3/t22-,24+,25+,26-,27+,28+,29-,30-,31-,32+,33+,34-,35+,36-,37-,38+,39-,40+,41+,42-,43+,44-/m1/s1. The minimum atomic E-state index is -1.81. The highest BCUT2D eigenvalue weighted by Gasteiger charge is 2.60. The SMILES string of the molecule is CC(C)CCC[C@@H](C)[C@H]1CC[C@H]2[C@@H]3CC=C4C[C@@H](O[C@@H]5O[C@H](CO)[C@@H](O)[C@H](O[C@@H]6OC[C@@H](O)[C@H](O)[C@H]6O)[C@H]5O[C@@H]5O[C@H](CO)[C@H](O)[C@H](O)[C@H]5O)CC[C@]4(C)[C@H]3CC[C@]12C. The lowest BCUT2D eigenvalue weighted by Gasteiger charge is -2.58. The molecule has 0 aromatic carbocycles. The molecule has 0 aromatic heterocycles. The van der Waals surface area contributed by atoms with Gasteiger partial charge in [0.25, 0.3) is 0 Å². The van der Waals surface area contributed by atoms with Gasteiger partial charge in [-0.05, 0) is 97.7 Å². The van der Waals surface area contributed by atoms with E-state index < -0.39 is 99.2 Å². The smallest absolute Gasteiger partial charge is 0.187 e. The van der Waals surface area contributed by atoms with Crippen molar-refractivity contribution in [1.82, 2.24) is 0 Å². The van der Waals surface area contributed by atoms with E-state index in [9.17, 15) is 46.0 Å². The summed E-state index contributed by atoms with van der Waals surface area (Å²) in [5.41, 5.74) is 1.74. The van der Waals surface area contributed by atoms with E-state index in [0.29, 0.717) is 36.0 Å². The summed E-state index contributed by atoms with van der Waals surface area (Å²) in [4.78, 5) is 0. The Kier molecular flexibility index (Phi) is 14.6. The second-order valence-corrected chi connectivity index (χ2v) is 20.2. The molecule has 0 unspecified atom stereocenters. The lowest BCUT2D eigenvalue weighted by atomic mass is 9.47. The molecule has 15 nitrogen and oxygen atoms in total. The van der Waals surface area contributed by atoms with Crippen molar-refractivity contribution in [3.63, 3.8) is 0 Å². The van der Waals surface area contributed by atoms with E-state index in [0.717, 1.165) is 30.6 Å². The van der Waals surface area contributed by atoms with Gasteiger partial charge in [-0.3, -0.25) is 0 Å². The van der Waals surface area contributed by atoms with Gasteiger partial charge < -0.3 is 74.4 Å². The highest BCUT2D eigenvalue weighted by atomic mass is 16.8. The van der Waals surface area contributed by atoms with Crippen LogP contribution in [0.15, 0.2) is 11.6 Å². The molecule has 0 spiro atoms. The van der Waals surface area contributed by atoms with Crippen LogP contribution in [0.4, 0.5) is 0 Å². The molecule has 0 amide bonds. The third-order valence-corrected chi connectivity index (χ3v) is 16.3. The summed E-state index contributed by atoms with van der Waals surface area (Å²) in [6.45, 7) is 10.4. The van der Waals surface area contributed by atoms with Crippen LogP contribution >= 0.6 is 0 Å². The highest BCUT2D eigenvalue weighted by Crippen LogP contribution is 2.67. The van der Waals surface area contributed by atoms with Crippen LogP contribution in [0.5, 0.6) is 0 Å². The largest absolute Gasteiger partial charge is 0.394 e. The van der Waals surface area contributed by atoms with Crippen molar-refractivity contribution in [2.75, 3.05) is 19.8 Å². The molecule has 4 aliphatic carbocycles. The van der Waals surface area contributed by atoms with E-state index in [1.807, 2.05) is 0 Å². The fraction of sp³-hybridized carbons (Fsp3) is 0.955. The lowest BCUT2D eigenvalue weighted by Crippen LogP contribution is -2.67. The first-order valence-corrected chi connectivity index (χ1v) is 22.6. The van der Waals surface area contributed by atoms with E-state index in [1.54, 1.807) is 0 Å².